The molecule has 1 N–H and O–H groups in total. The first kappa shape index (κ1) is 20.1. The Balaban J connectivity index is 1.16. The third-order valence-corrected chi connectivity index (χ3v) is 7.11. The monoisotopic (exact) mass is 463 g/mol. The molecule has 5 rings (SSSR count). The summed E-state index contributed by atoms with van der Waals surface area (Å²) in [6, 6.07) is 4.32. The minimum absolute atomic E-state index is 0.0930. The van der Waals surface area contributed by atoms with E-state index in [9.17, 15) is 13.2 Å². The molecule has 9 heteroatoms. The Labute approximate surface area is 194 Å². The van der Waals surface area contributed by atoms with Crippen LogP contribution in [0.25, 0.3) is 11.3 Å². The lowest BCUT2D eigenvalue weighted by Gasteiger charge is -2.25. The number of halogens is 3. The molecule has 0 bridgehead atoms. The van der Waals surface area contributed by atoms with Crippen molar-refractivity contribution in [3.8, 4) is 11.3 Å². The van der Waals surface area contributed by atoms with Gasteiger partial charge in [-0.25, -0.2) is 0 Å². The molecule has 33 heavy (non-hydrogen) atoms. The average Bonchev–Trinajstić information content (AvgIpc) is 3.39. The average molecular weight is 464 g/mol. The van der Waals surface area contributed by atoms with Crippen LogP contribution in [-0.4, -0.2) is 58.9 Å². The fourth-order valence-corrected chi connectivity index (χ4v) is 5.36. The summed E-state index contributed by atoms with van der Waals surface area (Å²) in [7, 11) is 0. The summed E-state index contributed by atoms with van der Waals surface area (Å²) in [6.07, 6.45) is 2.04. The highest BCUT2D eigenvalue weighted by Crippen LogP contribution is 2.40. The highest BCUT2D eigenvalue weighted by atomic mass is 19.4. The van der Waals surface area contributed by atoms with E-state index in [1.54, 1.807) is 6.07 Å². The topological polar surface area (TPSA) is 63.2 Å². The van der Waals surface area contributed by atoms with Gasteiger partial charge in [-0.1, -0.05) is 0 Å². The Bertz CT molecular complexity index is 1000. The van der Waals surface area contributed by atoms with Gasteiger partial charge in [-0.15, -0.1) is 10.2 Å². The van der Waals surface area contributed by atoms with Crippen LogP contribution < -0.4 is 5.32 Å². The number of ether oxygens (including phenoxy) is 1. The number of aromatic nitrogens is 3. The van der Waals surface area contributed by atoms with Crippen molar-refractivity contribution in [1.82, 2.24) is 20.1 Å². The molecule has 1 aliphatic carbocycles. The Morgan fingerprint density at radius 1 is 1.09 bits per heavy atom. The second kappa shape index (κ2) is 9.54. The molecule has 4 heterocycles. The number of anilines is 1. The second-order valence-electron chi connectivity index (χ2n) is 9.38. The number of alkyl halides is 3. The molecule has 2 saturated heterocycles. The lowest BCUT2D eigenvalue weighted by molar-refractivity contribution is -0.137. The SMILES string of the molecule is [2H]C([2H])(CC1CCOCC1)N1C[C@H]2CC(Nc3ccc(-c4cnccc4C(F)(F)F)nn3)C[C@H]2C1. The highest BCUT2D eigenvalue weighted by molar-refractivity contribution is 5.63. The number of likely N-dealkylation sites (tertiary alicyclic amines) is 1. The van der Waals surface area contributed by atoms with Crippen molar-refractivity contribution in [2.75, 3.05) is 38.1 Å². The molecule has 0 radical (unpaired) electrons. The van der Waals surface area contributed by atoms with E-state index >= 15 is 0 Å². The Hall–Kier alpha value is -2.26. The normalized spacial score (nSPS) is 27.8. The van der Waals surface area contributed by atoms with Crippen LogP contribution >= 0.6 is 0 Å². The first-order chi connectivity index (χ1) is 16.7. The van der Waals surface area contributed by atoms with E-state index in [4.69, 9.17) is 7.48 Å². The first-order valence-corrected chi connectivity index (χ1v) is 11.6. The Kier molecular flexibility index (Phi) is 5.82. The molecule has 3 aliphatic rings. The number of nitrogens with zero attached hydrogens (tertiary/aromatic N) is 4. The fraction of sp³-hybridized carbons (Fsp3) is 0.625. The van der Waals surface area contributed by atoms with E-state index in [0.29, 0.717) is 30.0 Å². The summed E-state index contributed by atoms with van der Waals surface area (Å²) in [5.74, 6) is 1.76. The summed E-state index contributed by atoms with van der Waals surface area (Å²) < 4.78 is 62.6. The van der Waals surface area contributed by atoms with Gasteiger partial charge in [0.25, 0.3) is 0 Å². The van der Waals surface area contributed by atoms with Crippen LogP contribution in [0.2, 0.25) is 0 Å². The van der Waals surface area contributed by atoms with Crippen LogP contribution in [0, 0.1) is 17.8 Å². The molecule has 0 spiro atoms. The zero-order valence-corrected chi connectivity index (χ0v) is 18.4. The van der Waals surface area contributed by atoms with Crippen molar-refractivity contribution in [1.29, 1.82) is 0 Å². The minimum atomic E-state index is -4.49. The molecule has 2 aromatic rings. The zero-order valence-electron chi connectivity index (χ0n) is 20.4. The number of pyridine rings is 1. The van der Waals surface area contributed by atoms with Gasteiger partial charge in [-0.3, -0.25) is 4.98 Å². The minimum Gasteiger partial charge on any atom is -0.381 e. The second-order valence-corrected chi connectivity index (χ2v) is 9.38. The van der Waals surface area contributed by atoms with E-state index in [1.165, 1.54) is 6.07 Å². The standard InChI is InChI=1S/C24H30F3N5O/c25-24(26,27)21-3-7-28-13-20(21)22-1-2-23(31-30-22)29-19-11-17-14-32(15-18(17)12-19)8-4-16-5-9-33-10-6-16/h1-3,7,13,16-19H,4-6,8-12,14-15H2,(H,29,31)/t17-,18+,19?/i8D2. The van der Waals surface area contributed by atoms with Crippen LogP contribution in [0.3, 0.4) is 0 Å². The summed E-state index contributed by atoms with van der Waals surface area (Å²) in [5.41, 5.74) is -0.751. The maximum Gasteiger partial charge on any atom is 0.417 e. The molecule has 3 fully saturated rings. The predicted octanol–water partition coefficient (Wildman–Crippen LogP) is 4.50. The van der Waals surface area contributed by atoms with Crippen molar-refractivity contribution in [3.63, 3.8) is 0 Å². The Morgan fingerprint density at radius 2 is 1.85 bits per heavy atom. The molecule has 2 aliphatic heterocycles. The van der Waals surface area contributed by atoms with Gasteiger partial charge < -0.3 is 15.0 Å². The first-order valence-electron chi connectivity index (χ1n) is 12.6. The van der Waals surface area contributed by atoms with E-state index < -0.39 is 18.2 Å². The maximum absolute atomic E-state index is 13.3. The third kappa shape index (κ3) is 5.30. The summed E-state index contributed by atoms with van der Waals surface area (Å²) in [6.45, 7) is 1.68. The highest BCUT2D eigenvalue weighted by Gasteiger charge is 2.41. The predicted molar refractivity (Wildman–Crippen MR) is 118 cm³/mol. The van der Waals surface area contributed by atoms with Crippen molar-refractivity contribution < 1.29 is 20.6 Å². The smallest absolute Gasteiger partial charge is 0.381 e. The van der Waals surface area contributed by atoms with Gasteiger partial charge in [-0.05, 0) is 74.6 Å². The largest absolute Gasteiger partial charge is 0.417 e. The summed E-state index contributed by atoms with van der Waals surface area (Å²) in [5, 5.41) is 11.5. The van der Waals surface area contributed by atoms with Crippen molar-refractivity contribution in [2.45, 2.75) is 44.3 Å². The summed E-state index contributed by atoms with van der Waals surface area (Å²) >= 11 is 0. The quantitative estimate of drug-likeness (QED) is 0.681. The van der Waals surface area contributed by atoms with Gasteiger partial charge in [0.15, 0.2) is 0 Å². The van der Waals surface area contributed by atoms with Crippen LogP contribution in [0.5, 0.6) is 0 Å². The maximum atomic E-state index is 13.3. The number of nitrogens with one attached hydrogen (secondary N) is 1. The number of fused-ring (bicyclic) bond motifs is 1. The van der Waals surface area contributed by atoms with Crippen LogP contribution in [0.15, 0.2) is 30.6 Å². The molecular weight excluding hydrogens is 431 g/mol. The molecule has 1 unspecified atom stereocenters. The molecular formula is C24H30F3N5O. The van der Waals surface area contributed by atoms with Crippen molar-refractivity contribution >= 4 is 5.82 Å². The van der Waals surface area contributed by atoms with Crippen molar-refractivity contribution in [2.24, 2.45) is 17.8 Å². The molecule has 1 saturated carbocycles. The molecule has 3 atom stereocenters. The molecule has 2 aromatic heterocycles. The van der Waals surface area contributed by atoms with Gasteiger partial charge in [0.1, 0.15) is 5.82 Å². The van der Waals surface area contributed by atoms with Gasteiger partial charge >= 0.3 is 6.18 Å². The van der Waals surface area contributed by atoms with Gasteiger partial charge in [-0.2, -0.15) is 13.2 Å². The molecule has 0 amide bonds. The Morgan fingerprint density at radius 3 is 2.52 bits per heavy atom. The fourth-order valence-electron chi connectivity index (χ4n) is 5.36. The summed E-state index contributed by atoms with van der Waals surface area (Å²) in [4.78, 5) is 5.83. The number of hydrogen-bond donors (Lipinski definition) is 1. The lowest BCUT2D eigenvalue weighted by atomic mass is 9.96. The van der Waals surface area contributed by atoms with Gasteiger partial charge in [0.2, 0.25) is 0 Å². The van der Waals surface area contributed by atoms with Crippen LogP contribution in [0.1, 0.15) is 40.4 Å². The van der Waals surface area contributed by atoms with E-state index in [-0.39, 0.29) is 17.3 Å². The lowest BCUT2D eigenvalue weighted by Crippen LogP contribution is -2.28. The van der Waals surface area contributed by atoms with E-state index in [1.807, 2.05) is 4.90 Å². The molecule has 178 valence electrons. The molecule has 0 aromatic carbocycles. The molecule has 6 nitrogen and oxygen atoms in total. The zero-order chi connectivity index (χ0) is 24.6. The van der Waals surface area contributed by atoms with Gasteiger partial charge in [0, 0.05) is 53.0 Å². The van der Waals surface area contributed by atoms with Crippen LogP contribution in [0.4, 0.5) is 19.0 Å². The number of hydrogen-bond acceptors (Lipinski definition) is 6. The third-order valence-electron chi connectivity index (χ3n) is 7.11. The van der Waals surface area contributed by atoms with Crippen molar-refractivity contribution in [3.05, 3.63) is 36.2 Å². The van der Waals surface area contributed by atoms with Crippen LogP contribution in [-0.2, 0) is 10.9 Å². The van der Waals surface area contributed by atoms with E-state index in [0.717, 1.165) is 70.4 Å². The van der Waals surface area contributed by atoms with E-state index in [2.05, 4.69) is 20.5 Å². The van der Waals surface area contributed by atoms with Gasteiger partial charge in [0.05, 0.1) is 11.3 Å². The number of rotatable bonds is 6.